The minimum absolute atomic E-state index is 0.283. The number of aromatic nitrogens is 3. The highest BCUT2D eigenvalue weighted by molar-refractivity contribution is 7.99. The van der Waals surface area contributed by atoms with E-state index in [4.69, 9.17) is 9.84 Å². The van der Waals surface area contributed by atoms with Crippen LogP contribution in [0.25, 0.3) is 5.69 Å². The summed E-state index contributed by atoms with van der Waals surface area (Å²) in [6, 6.07) is 6.96. The van der Waals surface area contributed by atoms with Gasteiger partial charge in [0, 0.05) is 11.4 Å². The first-order valence-corrected chi connectivity index (χ1v) is 7.25. The monoisotopic (exact) mass is 333 g/mol. The molecule has 0 aliphatic heterocycles. The number of halogens is 3. The molecule has 1 aromatic carbocycles. The fourth-order valence-corrected chi connectivity index (χ4v) is 2.67. The van der Waals surface area contributed by atoms with Crippen LogP contribution in [-0.2, 0) is 0 Å². The maximum Gasteiger partial charge on any atom is 0.415 e. The molecule has 1 aromatic heterocycles. The number of aliphatic hydroxyl groups excluding tert-OH is 1. The summed E-state index contributed by atoms with van der Waals surface area (Å²) in [5.41, 5.74) is 0.701. The normalized spacial score (nSPS) is 13.2. The van der Waals surface area contributed by atoms with Crippen LogP contribution in [0.1, 0.15) is 5.82 Å². The van der Waals surface area contributed by atoms with Crippen LogP contribution in [0.2, 0.25) is 0 Å². The average Bonchev–Trinajstić information content (AvgIpc) is 2.84. The summed E-state index contributed by atoms with van der Waals surface area (Å²) >= 11 is 0.796. The van der Waals surface area contributed by atoms with Crippen LogP contribution in [0.4, 0.5) is 13.2 Å². The fraction of sp³-hybridized carbons (Fsp3) is 0.385. The fourth-order valence-electron chi connectivity index (χ4n) is 1.71. The predicted molar refractivity (Wildman–Crippen MR) is 75.4 cm³/mol. The molecule has 0 amide bonds. The van der Waals surface area contributed by atoms with E-state index in [2.05, 4.69) is 10.2 Å². The zero-order valence-electron chi connectivity index (χ0n) is 11.8. The van der Waals surface area contributed by atoms with Crippen LogP contribution in [0.15, 0.2) is 29.4 Å². The lowest BCUT2D eigenvalue weighted by atomic mass is 10.3. The molecule has 9 heteroatoms. The number of thioether (sulfide) groups is 1. The Morgan fingerprint density at radius 1 is 1.27 bits per heavy atom. The van der Waals surface area contributed by atoms with E-state index in [1.165, 1.54) is 0 Å². The van der Waals surface area contributed by atoms with Crippen molar-refractivity contribution in [2.45, 2.75) is 24.4 Å². The van der Waals surface area contributed by atoms with Gasteiger partial charge in [0.05, 0.1) is 7.11 Å². The number of benzene rings is 1. The molecular weight excluding hydrogens is 319 g/mol. The van der Waals surface area contributed by atoms with Crippen molar-refractivity contribution in [1.82, 2.24) is 14.8 Å². The molecule has 0 aliphatic carbocycles. The molecule has 1 heterocycles. The van der Waals surface area contributed by atoms with E-state index >= 15 is 0 Å². The Morgan fingerprint density at radius 3 is 2.45 bits per heavy atom. The smallest absolute Gasteiger partial charge is 0.415 e. The van der Waals surface area contributed by atoms with Crippen LogP contribution in [0, 0.1) is 6.92 Å². The maximum atomic E-state index is 12.3. The van der Waals surface area contributed by atoms with Crippen molar-refractivity contribution in [3.63, 3.8) is 0 Å². The molecule has 120 valence electrons. The largest absolute Gasteiger partial charge is 0.497 e. The Hall–Kier alpha value is -1.74. The number of ether oxygens (including phenoxy) is 1. The van der Waals surface area contributed by atoms with Crippen LogP contribution in [0.5, 0.6) is 5.75 Å². The molecule has 2 rings (SSSR count). The van der Waals surface area contributed by atoms with E-state index in [-0.39, 0.29) is 5.16 Å². The first-order chi connectivity index (χ1) is 10.3. The number of nitrogens with zero attached hydrogens (tertiary/aromatic N) is 3. The molecular formula is C13H14F3N3O2S. The number of aryl methyl sites for hydroxylation is 1. The minimum Gasteiger partial charge on any atom is -0.497 e. The van der Waals surface area contributed by atoms with E-state index in [9.17, 15) is 13.2 Å². The summed E-state index contributed by atoms with van der Waals surface area (Å²) < 4.78 is 43.7. The molecule has 0 fully saturated rings. The minimum atomic E-state index is -4.65. The van der Waals surface area contributed by atoms with Crippen molar-refractivity contribution in [2.24, 2.45) is 0 Å². The topological polar surface area (TPSA) is 60.2 Å². The first-order valence-electron chi connectivity index (χ1n) is 6.27. The highest BCUT2D eigenvalue weighted by Crippen LogP contribution is 2.28. The van der Waals surface area contributed by atoms with Gasteiger partial charge in [-0.3, -0.25) is 4.57 Å². The van der Waals surface area contributed by atoms with Gasteiger partial charge in [-0.15, -0.1) is 10.2 Å². The molecule has 22 heavy (non-hydrogen) atoms. The summed E-state index contributed by atoms with van der Waals surface area (Å²) in [6.07, 6.45) is -7.05. The Kier molecular flexibility index (Phi) is 4.97. The summed E-state index contributed by atoms with van der Waals surface area (Å²) in [5, 5.41) is 17.1. The van der Waals surface area contributed by atoms with Crippen LogP contribution >= 0.6 is 11.8 Å². The summed E-state index contributed by atoms with van der Waals surface area (Å²) in [5.74, 6) is 0.656. The quantitative estimate of drug-likeness (QED) is 0.852. The van der Waals surface area contributed by atoms with Gasteiger partial charge < -0.3 is 9.84 Å². The van der Waals surface area contributed by atoms with Crippen molar-refractivity contribution < 1.29 is 23.0 Å². The summed E-state index contributed by atoms with van der Waals surface area (Å²) in [7, 11) is 1.54. The predicted octanol–water partition coefficient (Wildman–Crippen LogP) is 2.60. The van der Waals surface area contributed by atoms with Crippen molar-refractivity contribution in [1.29, 1.82) is 0 Å². The zero-order valence-corrected chi connectivity index (χ0v) is 12.6. The van der Waals surface area contributed by atoms with Gasteiger partial charge in [-0.1, -0.05) is 11.8 Å². The van der Waals surface area contributed by atoms with Crippen LogP contribution < -0.4 is 4.74 Å². The standard InChI is InChI=1S/C13H14F3N3O2S/c1-8-17-18-12(22-7-11(20)13(14,15)16)19(8)9-3-5-10(21-2)6-4-9/h3-6,11,20H,7H2,1-2H3/t11-/m0/s1. The molecule has 0 saturated heterocycles. The van der Waals surface area contributed by atoms with Crippen molar-refractivity contribution in [3.8, 4) is 11.4 Å². The van der Waals surface area contributed by atoms with Crippen molar-refractivity contribution in [3.05, 3.63) is 30.1 Å². The Bertz CT molecular complexity index is 628. The second-order valence-corrected chi connectivity index (χ2v) is 5.42. The zero-order chi connectivity index (χ0) is 16.3. The van der Waals surface area contributed by atoms with Gasteiger partial charge in [0.25, 0.3) is 0 Å². The van der Waals surface area contributed by atoms with E-state index in [1.54, 1.807) is 42.9 Å². The number of alkyl halides is 3. The number of aliphatic hydroxyl groups is 1. The maximum absolute atomic E-state index is 12.3. The molecule has 0 unspecified atom stereocenters. The van der Waals surface area contributed by atoms with E-state index in [0.29, 0.717) is 17.3 Å². The third kappa shape index (κ3) is 3.72. The molecule has 0 aliphatic rings. The van der Waals surface area contributed by atoms with Gasteiger partial charge in [-0.05, 0) is 31.2 Å². The first kappa shape index (κ1) is 16.6. The molecule has 0 radical (unpaired) electrons. The molecule has 2 aromatic rings. The molecule has 0 bridgehead atoms. The van der Waals surface area contributed by atoms with Gasteiger partial charge in [0.1, 0.15) is 11.6 Å². The second-order valence-electron chi connectivity index (χ2n) is 4.43. The van der Waals surface area contributed by atoms with Crippen molar-refractivity contribution in [2.75, 3.05) is 12.9 Å². The van der Waals surface area contributed by atoms with E-state index in [1.807, 2.05) is 0 Å². The lowest BCUT2D eigenvalue weighted by Crippen LogP contribution is -2.30. The van der Waals surface area contributed by atoms with Crippen LogP contribution in [-0.4, -0.2) is 45.0 Å². The average molecular weight is 333 g/mol. The summed E-state index contributed by atoms with van der Waals surface area (Å²) in [4.78, 5) is 0. The number of hydrogen-bond acceptors (Lipinski definition) is 5. The molecule has 1 N–H and O–H groups in total. The van der Waals surface area contributed by atoms with Gasteiger partial charge in [0.2, 0.25) is 0 Å². The van der Waals surface area contributed by atoms with Gasteiger partial charge in [-0.25, -0.2) is 0 Å². The molecule has 1 atom stereocenters. The van der Waals surface area contributed by atoms with Crippen LogP contribution in [0.3, 0.4) is 0 Å². The Balaban J connectivity index is 2.20. The Labute approximate surface area is 129 Å². The SMILES string of the molecule is COc1ccc(-n2c(C)nnc2SC[C@H](O)C(F)(F)F)cc1. The third-order valence-electron chi connectivity index (χ3n) is 2.87. The van der Waals surface area contributed by atoms with E-state index < -0.39 is 18.0 Å². The summed E-state index contributed by atoms with van der Waals surface area (Å²) in [6.45, 7) is 1.70. The van der Waals surface area contributed by atoms with Gasteiger partial charge >= 0.3 is 6.18 Å². The van der Waals surface area contributed by atoms with E-state index in [0.717, 1.165) is 11.8 Å². The number of rotatable bonds is 5. The highest BCUT2D eigenvalue weighted by Gasteiger charge is 2.38. The lowest BCUT2D eigenvalue weighted by molar-refractivity contribution is -0.195. The second kappa shape index (κ2) is 6.57. The lowest BCUT2D eigenvalue weighted by Gasteiger charge is -2.14. The van der Waals surface area contributed by atoms with Gasteiger partial charge in [-0.2, -0.15) is 13.2 Å². The van der Waals surface area contributed by atoms with Gasteiger partial charge in [0.15, 0.2) is 11.3 Å². The Morgan fingerprint density at radius 2 is 1.91 bits per heavy atom. The molecule has 0 saturated carbocycles. The molecule has 5 nitrogen and oxygen atoms in total. The number of methoxy groups -OCH3 is 1. The highest BCUT2D eigenvalue weighted by atomic mass is 32.2. The molecule has 0 spiro atoms. The van der Waals surface area contributed by atoms with Crippen molar-refractivity contribution >= 4 is 11.8 Å². The third-order valence-corrected chi connectivity index (χ3v) is 3.88. The number of hydrogen-bond donors (Lipinski definition) is 1.